The second-order valence-electron chi connectivity index (χ2n) is 4.93. The van der Waals surface area contributed by atoms with E-state index in [1.165, 1.54) is 23.3 Å². The van der Waals surface area contributed by atoms with Gasteiger partial charge in [0.2, 0.25) is 0 Å². The van der Waals surface area contributed by atoms with Crippen molar-refractivity contribution in [2.24, 2.45) is 0 Å². The lowest BCUT2D eigenvalue weighted by atomic mass is 10.1. The molecule has 3 aromatic rings. The first-order chi connectivity index (χ1) is 11.3. The van der Waals surface area contributed by atoms with Gasteiger partial charge in [0, 0.05) is 12.6 Å². The quantitative estimate of drug-likeness (QED) is 0.686. The summed E-state index contributed by atoms with van der Waals surface area (Å²) in [7, 11) is 1.51. The Kier molecular flexibility index (Phi) is 4.22. The number of carbonyl (C=O) groups is 1. The lowest BCUT2D eigenvalue weighted by Crippen LogP contribution is -2.27. The number of anilines is 1. The number of aromatic nitrogens is 2. The van der Waals surface area contributed by atoms with E-state index >= 15 is 0 Å². The van der Waals surface area contributed by atoms with Crippen molar-refractivity contribution in [3.63, 3.8) is 0 Å². The lowest BCUT2D eigenvalue weighted by molar-refractivity contribution is -0.137. The second-order valence-corrected chi connectivity index (χ2v) is 6.63. The molecule has 0 unspecified atom stereocenters. The summed E-state index contributed by atoms with van der Waals surface area (Å²) in [5.41, 5.74) is 0.0166. The van der Waals surface area contributed by atoms with Gasteiger partial charge in [0.1, 0.15) is 20.5 Å². The molecular formula is C15H10F3N3OS2. The Hall–Kier alpha value is -2.13. The van der Waals surface area contributed by atoms with Crippen molar-refractivity contribution < 1.29 is 18.0 Å². The number of benzene rings is 1. The zero-order chi connectivity index (χ0) is 17.5. The molecule has 0 aliphatic carbocycles. The highest BCUT2D eigenvalue weighted by atomic mass is 32.2. The topological polar surface area (TPSA) is 46.1 Å². The number of fused-ring (bicyclic) bond motifs is 1. The Morgan fingerprint density at radius 3 is 2.42 bits per heavy atom. The average molecular weight is 369 g/mol. The van der Waals surface area contributed by atoms with Gasteiger partial charge in [0.15, 0.2) is 0 Å². The molecule has 0 saturated heterocycles. The van der Waals surface area contributed by atoms with E-state index in [4.69, 9.17) is 0 Å². The van der Waals surface area contributed by atoms with Crippen LogP contribution in [0.15, 0.2) is 40.7 Å². The van der Waals surface area contributed by atoms with Crippen LogP contribution in [0.2, 0.25) is 0 Å². The van der Waals surface area contributed by atoms with Crippen LogP contribution in [0.3, 0.4) is 0 Å². The van der Waals surface area contributed by atoms with Crippen molar-refractivity contribution >= 4 is 46.0 Å². The molecule has 124 valence electrons. The van der Waals surface area contributed by atoms with E-state index < -0.39 is 17.6 Å². The maximum atomic E-state index is 12.6. The number of carbonyl (C=O) groups excluding carboxylic acids is 1. The van der Waals surface area contributed by atoms with Gasteiger partial charge in [0.05, 0.1) is 5.56 Å². The van der Waals surface area contributed by atoms with Gasteiger partial charge in [-0.3, -0.25) is 9.69 Å². The Balaban J connectivity index is 1.87. The molecule has 24 heavy (non-hydrogen) atoms. The van der Waals surface area contributed by atoms with Crippen molar-refractivity contribution in [3.8, 4) is 0 Å². The van der Waals surface area contributed by atoms with Crippen LogP contribution in [0.1, 0.15) is 15.9 Å². The zero-order valence-electron chi connectivity index (χ0n) is 12.2. The van der Waals surface area contributed by atoms with E-state index in [-0.39, 0.29) is 5.56 Å². The minimum atomic E-state index is -4.43. The van der Waals surface area contributed by atoms with Crippen molar-refractivity contribution in [1.82, 2.24) is 9.97 Å². The molecule has 3 rings (SSSR count). The maximum Gasteiger partial charge on any atom is 0.416 e. The fraction of sp³-hybridized carbons (Fsp3) is 0.133. The summed E-state index contributed by atoms with van der Waals surface area (Å²) in [4.78, 5) is 22.8. The summed E-state index contributed by atoms with van der Waals surface area (Å²) in [5, 5.41) is 0. The van der Waals surface area contributed by atoms with Crippen LogP contribution in [0.5, 0.6) is 0 Å². The number of thiazole rings is 1. The van der Waals surface area contributed by atoms with E-state index in [9.17, 15) is 18.0 Å². The van der Waals surface area contributed by atoms with Crippen molar-refractivity contribution in [3.05, 3.63) is 47.5 Å². The Morgan fingerprint density at radius 2 is 1.79 bits per heavy atom. The third kappa shape index (κ3) is 3.22. The normalized spacial score (nSPS) is 11.7. The minimum absolute atomic E-state index is 0.145. The van der Waals surface area contributed by atoms with Crippen LogP contribution < -0.4 is 4.90 Å². The number of nitrogens with zero attached hydrogens (tertiary/aromatic N) is 3. The van der Waals surface area contributed by atoms with Crippen LogP contribution in [0, 0.1) is 0 Å². The molecule has 9 heteroatoms. The molecule has 0 radical (unpaired) electrons. The van der Waals surface area contributed by atoms with E-state index in [2.05, 4.69) is 22.6 Å². The molecule has 0 bridgehead atoms. The second kappa shape index (κ2) is 6.06. The monoisotopic (exact) mass is 369 g/mol. The molecule has 2 heterocycles. The SMILES string of the molecule is CN(C(=O)c1ccc(C(F)(F)F)cc1)c1ccc2nc(S)sc2n1. The van der Waals surface area contributed by atoms with Crippen molar-refractivity contribution in [2.45, 2.75) is 10.5 Å². The Labute approximate surface area is 144 Å². The summed E-state index contributed by atoms with van der Waals surface area (Å²) < 4.78 is 38.3. The van der Waals surface area contributed by atoms with Gasteiger partial charge >= 0.3 is 6.18 Å². The largest absolute Gasteiger partial charge is 0.416 e. The molecule has 0 aliphatic rings. The minimum Gasteiger partial charge on any atom is -0.296 e. The van der Waals surface area contributed by atoms with Crippen molar-refractivity contribution in [2.75, 3.05) is 11.9 Å². The molecule has 0 atom stereocenters. The molecule has 0 spiro atoms. The Morgan fingerprint density at radius 1 is 1.12 bits per heavy atom. The van der Waals surface area contributed by atoms with Gasteiger partial charge in [-0.2, -0.15) is 13.2 Å². The number of hydrogen-bond donors (Lipinski definition) is 1. The van der Waals surface area contributed by atoms with E-state index in [0.29, 0.717) is 20.5 Å². The highest BCUT2D eigenvalue weighted by molar-refractivity contribution is 7.82. The fourth-order valence-electron chi connectivity index (χ4n) is 2.08. The molecule has 0 saturated carbocycles. The highest BCUT2D eigenvalue weighted by Crippen LogP contribution is 2.29. The zero-order valence-corrected chi connectivity index (χ0v) is 13.9. The molecular weight excluding hydrogens is 359 g/mol. The molecule has 0 N–H and O–H groups in total. The average Bonchev–Trinajstić information content (AvgIpc) is 2.91. The van der Waals surface area contributed by atoms with E-state index in [1.54, 1.807) is 12.1 Å². The molecule has 1 amide bonds. The standard InChI is InChI=1S/C15H10F3N3OS2/c1-21(11-7-6-10-12(20-11)24-14(23)19-10)13(22)8-2-4-9(5-3-8)15(16,17)18/h2-7H,1H3,(H,19,23). The summed E-state index contributed by atoms with van der Waals surface area (Å²) >= 11 is 5.43. The molecule has 4 nitrogen and oxygen atoms in total. The van der Waals surface area contributed by atoms with Gasteiger partial charge in [-0.15, -0.1) is 12.6 Å². The molecule has 2 aromatic heterocycles. The van der Waals surface area contributed by atoms with E-state index in [0.717, 1.165) is 24.3 Å². The molecule has 0 aliphatic heterocycles. The fourth-order valence-corrected chi connectivity index (χ4v) is 3.12. The van der Waals surface area contributed by atoms with Crippen LogP contribution in [0.4, 0.5) is 19.0 Å². The third-order valence-electron chi connectivity index (χ3n) is 3.34. The Bertz CT molecular complexity index is 906. The highest BCUT2D eigenvalue weighted by Gasteiger charge is 2.30. The van der Waals surface area contributed by atoms with Gasteiger partial charge in [0.25, 0.3) is 5.91 Å². The van der Waals surface area contributed by atoms with Crippen LogP contribution in [-0.2, 0) is 6.18 Å². The smallest absolute Gasteiger partial charge is 0.296 e. The predicted octanol–water partition coefficient (Wildman–Crippen LogP) is 4.28. The molecule has 0 fully saturated rings. The summed E-state index contributed by atoms with van der Waals surface area (Å²) in [6.07, 6.45) is -4.43. The first-order valence-corrected chi connectivity index (χ1v) is 7.94. The number of rotatable bonds is 2. The maximum absolute atomic E-state index is 12.6. The van der Waals surface area contributed by atoms with Crippen LogP contribution in [-0.4, -0.2) is 22.9 Å². The number of halogens is 3. The van der Waals surface area contributed by atoms with Crippen LogP contribution in [0.25, 0.3) is 10.3 Å². The van der Waals surface area contributed by atoms with Gasteiger partial charge < -0.3 is 0 Å². The number of amides is 1. The summed E-state index contributed by atoms with van der Waals surface area (Å²) in [5.74, 6) is -0.0735. The van der Waals surface area contributed by atoms with Gasteiger partial charge in [-0.1, -0.05) is 11.3 Å². The number of pyridine rings is 1. The summed E-state index contributed by atoms with van der Waals surface area (Å²) in [6, 6.07) is 7.40. The lowest BCUT2D eigenvalue weighted by Gasteiger charge is -2.16. The first-order valence-electron chi connectivity index (χ1n) is 6.67. The first kappa shape index (κ1) is 16.7. The van der Waals surface area contributed by atoms with E-state index in [1.807, 2.05) is 0 Å². The third-order valence-corrected chi connectivity index (χ3v) is 4.48. The predicted molar refractivity (Wildman–Crippen MR) is 88.8 cm³/mol. The number of alkyl halides is 3. The van der Waals surface area contributed by atoms with Gasteiger partial charge in [-0.05, 0) is 36.4 Å². The van der Waals surface area contributed by atoms with Crippen LogP contribution >= 0.6 is 24.0 Å². The van der Waals surface area contributed by atoms with Crippen molar-refractivity contribution in [1.29, 1.82) is 0 Å². The number of thiol groups is 1. The summed E-state index contributed by atoms with van der Waals surface area (Å²) in [6.45, 7) is 0. The van der Waals surface area contributed by atoms with Gasteiger partial charge in [-0.25, -0.2) is 9.97 Å². The number of hydrogen-bond acceptors (Lipinski definition) is 5. The molecule has 1 aromatic carbocycles.